The van der Waals surface area contributed by atoms with Crippen LogP contribution in [0.5, 0.6) is 0 Å². The highest BCUT2D eigenvalue weighted by Gasteiger charge is 2.23. The fourth-order valence-electron chi connectivity index (χ4n) is 5.30. The summed E-state index contributed by atoms with van der Waals surface area (Å²) >= 11 is 0. The summed E-state index contributed by atoms with van der Waals surface area (Å²) in [6, 6.07) is 0. The molecule has 19 heteroatoms. The highest BCUT2D eigenvalue weighted by Crippen LogP contribution is 2.07. The molecule has 6 aromatic heterocycles. The SMILES string of the molecule is C.C.Cn1cnc2c1c(=O)n(CN(Cn1c(=O)c3c(ncn3C)n(C)c1=O)Cn1c(=O)c3c(ncn3C)n(C)c1=O)c(=O)n2C. The maximum Gasteiger partial charge on any atom is 0.333 e. The van der Waals surface area contributed by atoms with Gasteiger partial charge in [0.1, 0.15) is 0 Å². The molecule has 0 aliphatic carbocycles. The van der Waals surface area contributed by atoms with E-state index in [1.807, 2.05) is 0 Å². The zero-order chi connectivity index (χ0) is 31.1. The molecule has 0 N–H and O–H groups in total. The molecule has 6 heterocycles. The summed E-state index contributed by atoms with van der Waals surface area (Å²) < 4.78 is 10.6. The van der Waals surface area contributed by atoms with Crippen molar-refractivity contribution in [3.05, 3.63) is 81.5 Å². The number of nitrogens with zero attached hydrogens (tertiary/aromatic N) is 13. The van der Waals surface area contributed by atoms with Crippen LogP contribution in [-0.4, -0.2) is 61.0 Å². The van der Waals surface area contributed by atoms with E-state index in [0.717, 1.165) is 13.7 Å². The van der Waals surface area contributed by atoms with Crippen LogP contribution in [0, 0.1) is 0 Å². The van der Waals surface area contributed by atoms with Crippen molar-refractivity contribution in [2.45, 2.75) is 34.9 Å². The van der Waals surface area contributed by atoms with E-state index in [2.05, 4.69) is 15.0 Å². The van der Waals surface area contributed by atoms with Crippen molar-refractivity contribution in [1.82, 2.24) is 61.0 Å². The van der Waals surface area contributed by atoms with Crippen LogP contribution in [0.4, 0.5) is 0 Å². The molecular weight excluding hydrogens is 590 g/mol. The predicted octanol–water partition coefficient (Wildman–Crippen LogP) is -2.22. The summed E-state index contributed by atoms with van der Waals surface area (Å²) in [6.45, 7) is -1.49. The van der Waals surface area contributed by atoms with Gasteiger partial charge in [0, 0.05) is 42.3 Å². The van der Waals surface area contributed by atoms with E-state index in [1.165, 1.54) is 72.4 Å². The summed E-state index contributed by atoms with van der Waals surface area (Å²) in [7, 11) is 9.15. The molecule has 0 aliphatic heterocycles. The van der Waals surface area contributed by atoms with Crippen LogP contribution in [0.1, 0.15) is 14.9 Å². The number of imidazole rings is 3. The normalized spacial score (nSPS) is 11.5. The van der Waals surface area contributed by atoms with Gasteiger partial charge in [0.15, 0.2) is 33.5 Å². The van der Waals surface area contributed by atoms with E-state index < -0.39 is 53.8 Å². The van der Waals surface area contributed by atoms with Gasteiger partial charge < -0.3 is 13.7 Å². The number of hydrogen-bond acceptors (Lipinski definition) is 10. The first-order valence-corrected chi connectivity index (χ1v) is 12.9. The number of aryl methyl sites for hydroxylation is 6. The van der Waals surface area contributed by atoms with Gasteiger partial charge in [-0.05, 0) is 0 Å². The number of fused-ring (bicyclic) bond motifs is 3. The Hall–Kier alpha value is -5.59. The van der Waals surface area contributed by atoms with E-state index in [1.54, 1.807) is 21.1 Å². The largest absolute Gasteiger partial charge is 0.333 e. The Balaban J connectivity index is 0.00000230. The Morgan fingerprint density at radius 2 is 0.733 bits per heavy atom. The number of hydrogen-bond donors (Lipinski definition) is 0. The molecule has 0 radical (unpaired) electrons. The standard InChI is InChI=1S/C24H27N13O6.2CH4/c1-28-7-25-16-13(28)19(38)35(22(41)31(16)4)10-34(11-36-20(39)14-17(26-8-29(14)2)32(5)23(36)42)12-37-21(40)15-18(27-9-30(15)3)33(6)24(37)43;;/h7-9H,10-12H2,1-6H3;2*1H4. The fourth-order valence-corrected chi connectivity index (χ4v) is 5.30. The van der Waals surface area contributed by atoms with Crippen molar-refractivity contribution in [1.29, 1.82) is 0 Å². The van der Waals surface area contributed by atoms with E-state index in [0.29, 0.717) is 0 Å². The molecule has 6 rings (SSSR count). The van der Waals surface area contributed by atoms with E-state index in [9.17, 15) is 28.8 Å². The Bertz CT molecular complexity index is 2220. The number of rotatable bonds is 6. The van der Waals surface area contributed by atoms with Gasteiger partial charge in [0.25, 0.3) is 16.7 Å². The van der Waals surface area contributed by atoms with Crippen LogP contribution >= 0.6 is 0 Å². The average Bonchev–Trinajstić information content (AvgIpc) is 3.68. The number of aromatic nitrogens is 12. The summed E-state index contributed by atoms with van der Waals surface area (Å²) in [5.74, 6) is 0. The molecule has 0 unspecified atom stereocenters. The second kappa shape index (κ2) is 11.2. The monoisotopic (exact) mass is 625 g/mol. The molecule has 0 fully saturated rings. The molecule has 0 aromatic carbocycles. The van der Waals surface area contributed by atoms with Crippen LogP contribution < -0.4 is 33.7 Å². The van der Waals surface area contributed by atoms with Crippen molar-refractivity contribution < 1.29 is 0 Å². The van der Waals surface area contributed by atoms with Crippen molar-refractivity contribution in [2.75, 3.05) is 0 Å². The third-order valence-electron chi connectivity index (χ3n) is 7.63. The van der Waals surface area contributed by atoms with Crippen LogP contribution in [-0.2, 0) is 62.3 Å². The fraction of sp³-hybridized carbons (Fsp3) is 0.423. The molecule has 6 aromatic rings. The van der Waals surface area contributed by atoms with Crippen LogP contribution in [0.25, 0.3) is 33.5 Å². The van der Waals surface area contributed by atoms with Gasteiger partial charge in [-0.1, -0.05) is 14.9 Å². The predicted molar refractivity (Wildman–Crippen MR) is 166 cm³/mol. The van der Waals surface area contributed by atoms with Gasteiger partial charge in [0.05, 0.1) is 39.0 Å². The Morgan fingerprint density at radius 1 is 0.489 bits per heavy atom. The topological polar surface area (TPSA) is 189 Å². The van der Waals surface area contributed by atoms with Gasteiger partial charge in [0.2, 0.25) is 0 Å². The van der Waals surface area contributed by atoms with Gasteiger partial charge in [-0.25, -0.2) is 47.9 Å². The Kier molecular flexibility index (Phi) is 8.02. The quantitative estimate of drug-likeness (QED) is 0.196. The lowest BCUT2D eigenvalue weighted by Gasteiger charge is -2.24. The summed E-state index contributed by atoms with van der Waals surface area (Å²) in [6.07, 6.45) is 4.19. The first-order chi connectivity index (χ1) is 20.3. The minimum Gasteiger partial charge on any atom is -0.328 e. The highest BCUT2D eigenvalue weighted by atomic mass is 16.2. The zero-order valence-corrected chi connectivity index (χ0v) is 24.1. The van der Waals surface area contributed by atoms with E-state index in [-0.39, 0.29) is 48.3 Å². The zero-order valence-electron chi connectivity index (χ0n) is 24.1. The molecule has 0 amide bonds. The maximum atomic E-state index is 13.5. The molecule has 0 aliphatic rings. The van der Waals surface area contributed by atoms with Crippen molar-refractivity contribution in [3.63, 3.8) is 0 Å². The van der Waals surface area contributed by atoms with Crippen molar-refractivity contribution in [3.8, 4) is 0 Å². The molecule has 0 saturated heterocycles. The van der Waals surface area contributed by atoms with Crippen LogP contribution in [0.15, 0.2) is 47.7 Å². The minimum atomic E-state index is -0.731. The lowest BCUT2D eigenvalue weighted by atomic mass is 10.4. The molecule has 0 saturated carbocycles. The second-order valence-corrected chi connectivity index (χ2v) is 10.4. The molecule has 240 valence electrons. The van der Waals surface area contributed by atoms with Crippen molar-refractivity contribution >= 4 is 33.5 Å². The molecule has 45 heavy (non-hydrogen) atoms. The highest BCUT2D eigenvalue weighted by molar-refractivity contribution is 5.71. The van der Waals surface area contributed by atoms with Gasteiger partial charge in [-0.3, -0.25) is 28.1 Å². The van der Waals surface area contributed by atoms with Crippen LogP contribution in [0.3, 0.4) is 0 Å². The second-order valence-electron chi connectivity index (χ2n) is 10.4. The lowest BCUT2D eigenvalue weighted by Crippen LogP contribution is -2.51. The third kappa shape index (κ3) is 4.58. The minimum absolute atomic E-state index is 0. The summed E-state index contributed by atoms with van der Waals surface area (Å²) in [5.41, 5.74) is -3.35. The smallest absolute Gasteiger partial charge is 0.328 e. The summed E-state index contributed by atoms with van der Waals surface area (Å²) in [4.78, 5) is 94.4. The van der Waals surface area contributed by atoms with Crippen LogP contribution in [0.2, 0.25) is 0 Å². The summed E-state index contributed by atoms with van der Waals surface area (Å²) in [5, 5.41) is 0. The Labute approximate surface area is 253 Å². The molecule has 0 bridgehead atoms. The average molecular weight is 626 g/mol. The van der Waals surface area contributed by atoms with Crippen molar-refractivity contribution in [2.24, 2.45) is 42.3 Å². The Morgan fingerprint density at radius 3 is 0.978 bits per heavy atom. The van der Waals surface area contributed by atoms with Gasteiger partial charge >= 0.3 is 17.1 Å². The molecular formula is C26H35N13O6. The maximum absolute atomic E-state index is 13.5. The first-order valence-electron chi connectivity index (χ1n) is 12.9. The molecule has 19 nitrogen and oxygen atoms in total. The van der Waals surface area contributed by atoms with Gasteiger partial charge in [-0.15, -0.1) is 0 Å². The van der Waals surface area contributed by atoms with Gasteiger partial charge in [-0.2, -0.15) is 0 Å². The first kappa shape index (κ1) is 32.3. The van der Waals surface area contributed by atoms with E-state index in [4.69, 9.17) is 0 Å². The lowest BCUT2D eigenvalue weighted by molar-refractivity contribution is 0.112. The molecule has 0 spiro atoms. The van der Waals surface area contributed by atoms with E-state index >= 15 is 0 Å². The third-order valence-corrected chi connectivity index (χ3v) is 7.63. The molecule has 0 atom stereocenters.